The van der Waals surface area contributed by atoms with Gasteiger partial charge in [0.25, 0.3) is 5.91 Å². The van der Waals surface area contributed by atoms with Crippen LogP contribution in [0.2, 0.25) is 5.02 Å². The highest BCUT2D eigenvalue weighted by molar-refractivity contribution is 6.30. The summed E-state index contributed by atoms with van der Waals surface area (Å²) in [5.74, 6) is 1.14. The number of aromatic nitrogens is 2. The zero-order chi connectivity index (χ0) is 20.5. The van der Waals surface area contributed by atoms with E-state index in [0.717, 1.165) is 16.9 Å². The van der Waals surface area contributed by atoms with E-state index in [1.165, 1.54) is 0 Å². The van der Waals surface area contributed by atoms with Crippen LogP contribution in [-0.4, -0.2) is 21.4 Å². The van der Waals surface area contributed by atoms with Crippen LogP contribution < -0.4 is 14.8 Å². The predicted octanol–water partition coefficient (Wildman–Crippen LogP) is 4.51. The van der Waals surface area contributed by atoms with Gasteiger partial charge in [0.2, 0.25) is 0 Å². The van der Waals surface area contributed by atoms with Gasteiger partial charge in [-0.25, -0.2) is 4.98 Å². The van der Waals surface area contributed by atoms with E-state index in [1.54, 1.807) is 18.2 Å². The van der Waals surface area contributed by atoms with E-state index in [1.807, 2.05) is 59.3 Å². The molecule has 5 rings (SSSR count). The van der Waals surface area contributed by atoms with Gasteiger partial charge in [-0.05, 0) is 48.0 Å². The second kappa shape index (κ2) is 7.72. The summed E-state index contributed by atoms with van der Waals surface area (Å²) in [6.45, 7) is 0.334. The number of anilines is 1. The average molecular weight is 420 g/mol. The van der Waals surface area contributed by atoms with Gasteiger partial charge < -0.3 is 19.2 Å². The number of halogens is 1. The molecule has 2 aromatic heterocycles. The molecule has 150 valence electrons. The molecule has 0 fully saturated rings. The molecule has 0 saturated carbocycles. The number of hydrogen-bond donors (Lipinski definition) is 1. The number of hydrogen-bond acceptors (Lipinski definition) is 4. The van der Waals surface area contributed by atoms with Crippen molar-refractivity contribution in [3.05, 3.63) is 89.3 Å². The van der Waals surface area contributed by atoms with Crippen molar-refractivity contribution in [3.8, 4) is 11.5 Å². The van der Waals surface area contributed by atoms with Crippen LogP contribution in [0.25, 0.3) is 5.65 Å². The third kappa shape index (κ3) is 3.82. The van der Waals surface area contributed by atoms with Gasteiger partial charge in [-0.3, -0.25) is 4.79 Å². The van der Waals surface area contributed by atoms with Gasteiger partial charge in [0.1, 0.15) is 23.8 Å². The Morgan fingerprint density at radius 1 is 1.20 bits per heavy atom. The molecule has 7 heteroatoms. The number of nitrogens with one attached hydrogen (secondary N) is 1. The third-order valence-electron chi connectivity index (χ3n) is 4.89. The van der Waals surface area contributed by atoms with E-state index in [0.29, 0.717) is 35.2 Å². The normalized spacial score (nSPS) is 14.9. The van der Waals surface area contributed by atoms with E-state index >= 15 is 0 Å². The Labute approximate surface area is 178 Å². The summed E-state index contributed by atoms with van der Waals surface area (Å²) in [5, 5.41) is 3.53. The molecule has 3 heterocycles. The minimum Gasteiger partial charge on any atom is -0.487 e. The molecule has 0 spiro atoms. The molecule has 0 radical (unpaired) electrons. The number of nitrogens with zero attached hydrogens (tertiary/aromatic N) is 2. The maximum Gasteiger partial charge on any atom is 0.265 e. The molecule has 6 nitrogen and oxygen atoms in total. The van der Waals surface area contributed by atoms with Crippen molar-refractivity contribution < 1.29 is 14.3 Å². The summed E-state index contributed by atoms with van der Waals surface area (Å²) < 4.78 is 13.6. The van der Waals surface area contributed by atoms with Crippen LogP contribution in [-0.2, 0) is 17.8 Å². The molecule has 0 bridgehead atoms. The van der Waals surface area contributed by atoms with Crippen molar-refractivity contribution >= 4 is 28.8 Å². The number of amides is 1. The van der Waals surface area contributed by atoms with Crippen LogP contribution in [0.5, 0.6) is 11.5 Å². The molecule has 2 aromatic carbocycles. The Hall–Kier alpha value is -3.51. The fraction of sp³-hybridized carbons (Fsp3) is 0.130. The first kappa shape index (κ1) is 18.5. The number of imidazole rings is 1. The quantitative estimate of drug-likeness (QED) is 0.517. The maximum absolute atomic E-state index is 12.6. The number of carbonyl (C=O) groups excluding carboxylic acids is 1. The lowest BCUT2D eigenvalue weighted by Gasteiger charge is -2.12. The summed E-state index contributed by atoms with van der Waals surface area (Å²) in [6, 6.07) is 18.5. The molecule has 30 heavy (non-hydrogen) atoms. The minimum absolute atomic E-state index is 0.208. The van der Waals surface area contributed by atoms with Crippen LogP contribution in [0.4, 0.5) is 5.69 Å². The highest BCUT2D eigenvalue weighted by atomic mass is 35.5. The van der Waals surface area contributed by atoms with Gasteiger partial charge in [-0.1, -0.05) is 23.7 Å². The number of pyridine rings is 1. The van der Waals surface area contributed by atoms with Gasteiger partial charge >= 0.3 is 0 Å². The topological polar surface area (TPSA) is 64.9 Å². The van der Waals surface area contributed by atoms with E-state index in [2.05, 4.69) is 10.3 Å². The van der Waals surface area contributed by atoms with Crippen molar-refractivity contribution in [2.45, 2.75) is 19.1 Å². The van der Waals surface area contributed by atoms with Gasteiger partial charge in [-0.2, -0.15) is 0 Å². The summed E-state index contributed by atoms with van der Waals surface area (Å²) in [6.07, 6.45) is 3.79. The van der Waals surface area contributed by atoms with E-state index in [-0.39, 0.29) is 5.91 Å². The summed E-state index contributed by atoms with van der Waals surface area (Å²) in [4.78, 5) is 17.2. The second-order valence-electron chi connectivity index (χ2n) is 7.07. The lowest BCUT2D eigenvalue weighted by atomic mass is 10.1. The van der Waals surface area contributed by atoms with E-state index in [4.69, 9.17) is 21.1 Å². The fourth-order valence-electron chi connectivity index (χ4n) is 3.46. The van der Waals surface area contributed by atoms with Crippen LogP contribution in [0.1, 0.15) is 11.3 Å². The van der Waals surface area contributed by atoms with Crippen LogP contribution in [0.3, 0.4) is 0 Å². The Kier molecular flexibility index (Phi) is 4.77. The summed E-state index contributed by atoms with van der Waals surface area (Å²) in [5.41, 5.74) is 3.28. The summed E-state index contributed by atoms with van der Waals surface area (Å²) in [7, 11) is 0. The Bertz CT molecular complexity index is 1200. The Balaban J connectivity index is 1.22. The van der Waals surface area contributed by atoms with Crippen molar-refractivity contribution in [1.82, 2.24) is 9.38 Å². The van der Waals surface area contributed by atoms with Gasteiger partial charge in [0, 0.05) is 35.6 Å². The van der Waals surface area contributed by atoms with Gasteiger partial charge in [0.15, 0.2) is 6.10 Å². The molecule has 1 unspecified atom stereocenters. The first-order valence-electron chi connectivity index (χ1n) is 9.55. The molecule has 1 atom stereocenters. The van der Waals surface area contributed by atoms with Gasteiger partial charge in [-0.15, -0.1) is 0 Å². The zero-order valence-corrected chi connectivity index (χ0v) is 16.7. The highest BCUT2D eigenvalue weighted by Crippen LogP contribution is 2.31. The molecular formula is C23H18ClN3O3. The summed E-state index contributed by atoms with van der Waals surface area (Å²) >= 11 is 6.02. The van der Waals surface area contributed by atoms with Crippen LogP contribution in [0, 0.1) is 0 Å². The number of fused-ring (bicyclic) bond motifs is 2. The monoisotopic (exact) mass is 419 g/mol. The molecule has 4 aromatic rings. The molecule has 0 aliphatic carbocycles. The third-order valence-corrected chi connectivity index (χ3v) is 5.13. The van der Waals surface area contributed by atoms with E-state index in [9.17, 15) is 4.79 Å². The fourth-order valence-corrected chi connectivity index (χ4v) is 3.66. The van der Waals surface area contributed by atoms with E-state index < -0.39 is 6.10 Å². The SMILES string of the molecule is O=C(Nc1cccc(OCc2cn3ccccc3n2)c1)C1Cc2cc(Cl)ccc2O1. The molecule has 0 saturated heterocycles. The maximum atomic E-state index is 12.6. The Morgan fingerprint density at radius 3 is 3.03 bits per heavy atom. The molecule has 1 amide bonds. The molecule has 1 N–H and O–H groups in total. The lowest BCUT2D eigenvalue weighted by molar-refractivity contribution is -0.122. The number of carbonyl (C=O) groups is 1. The molecular weight excluding hydrogens is 402 g/mol. The van der Waals surface area contributed by atoms with Gasteiger partial charge in [0.05, 0.1) is 5.69 Å². The number of benzene rings is 2. The smallest absolute Gasteiger partial charge is 0.265 e. The van der Waals surface area contributed by atoms with Crippen molar-refractivity contribution in [2.24, 2.45) is 0 Å². The largest absolute Gasteiger partial charge is 0.487 e. The first-order valence-corrected chi connectivity index (χ1v) is 9.93. The average Bonchev–Trinajstić information content (AvgIpc) is 3.36. The van der Waals surface area contributed by atoms with Crippen LogP contribution in [0.15, 0.2) is 73.1 Å². The Morgan fingerprint density at radius 2 is 2.13 bits per heavy atom. The van der Waals surface area contributed by atoms with Crippen LogP contribution >= 0.6 is 11.6 Å². The minimum atomic E-state index is -0.582. The van der Waals surface area contributed by atoms with Crippen molar-refractivity contribution in [2.75, 3.05) is 5.32 Å². The lowest BCUT2D eigenvalue weighted by Crippen LogP contribution is -2.31. The number of rotatable bonds is 5. The highest BCUT2D eigenvalue weighted by Gasteiger charge is 2.29. The second-order valence-corrected chi connectivity index (χ2v) is 7.50. The predicted molar refractivity (Wildman–Crippen MR) is 114 cm³/mol. The zero-order valence-electron chi connectivity index (χ0n) is 15.9. The van der Waals surface area contributed by atoms with Crippen molar-refractivity contribution in [1.29, 1.82) is 0 Å². The molecule has 1 aliphatic rings. The van der Waals surface area contributed by atoms with Crippen molar-refractivity contribution in [3.63, 3.8) is 0 Å². The molecule has 1 aliphatic heterocycles. The standard InChI is InChI=1S/C23H18ClN3O3/c24-16-7-8-20-15(10-16)11-21(30-20)23(28)26-17-4-3-5-19(12-17)29-14-18-13-27-9-2-1-6-22(27)25-18/h1-10,12-13,21H,11,14H2,(H,26,28). The number of ether oxygens (including phenoxy) is 2. The first-order chi connectivity index (χ1) is 14.6.